The summed E-state index contributed by atoms with van der Waals surface area (Å²) in [4.78, 5) is 12.2. The standard InChI is InChI=1S/C19H14BrN3O2/c20-15-5-7-16(8-6-15)23-9-1-3-17(23)11-14(12-21)19(24)22-13-18-4-2-10-25-18/h1-11H,13H2,(H,22,24)/b14-11-. The topological polar surface area (TPSA) is 71.0 Å². The average Bonchev–Trinajstić information content (AvgIpc) is 3.30. The molecule has 0 aliphatic rings. The fraction of sp³-hybridized carbons (Fsp3) is 0.0526. The third-order valence-corrected chi connectivity index (χ3v) is 4.07. The van der Waals surface area contributed by atoms with Crippen LogP contribution < -0.4 is 5.32 Å². The molecule has 1 N–H and O–H groups in total. The van der Waals surface area contributed by atoms with Crippen LogP contribution in [0.25, 0.3) is 11.8 Å². The SMILES string of the molecule is N#C/C(=C/c1cccn1-c1ccc(Br)cc1)C(=O)NCc1ccco1. The number of furan rings is 1. The summed E-state index contributed by atoms with van der Waals surface area (Å²) in [7, 11) is 0. The molecule has 0 atom stereocenters. The number of carbonyl (C=O) groups excluding carboxylic acids is 1. The molecule has 25 heavy (non-hydrogen) atoms. The number of nitrogens with one attached hydrogen (secondary N) is 1. The van der Waals surface area contributed by atoms with E-state index < -0.39 is 5.91 Å². The van der Waals surface area contributed by atoms with Crippen molar-refractivity contribution in [3.8, 4) is 11.8 Å². The van der Waals surface area contributed by atoms with Crippen LogP contribution in [0.2, 0.25) is 0 Å². The second-order valence-electron chi connectivity index (χ2n) is 5.21. The Morgan fingerprint density at radius 1 is 1.24 bits per heavy atom. The Morgan fingerprint density at radius 3 is 2.72 bits per heavy atom. The molecule has 0 radical (unpaired) electrons. The third-order valence-electron chi connectivity index (χ3n) is 3.55. The molecular weight excluding hydrogens is 382 g/mol. The maximum Gasteiger partial charge on any atom is 0.262 e. The molecule has 5 nitrogen and oxygen atoms in total. The van der Waals surface area contributed by atoms with Gasteiger partial charge in [-0.25, -0.2) is 0 Å². The highest BCUT2D eigenvalue weighted by molar-refractivity contribution is 9.10. The van der Waals surface area contributed by atoms with Crippen molar-refractivity contribution in [3.05, 3.63) is 82.5 Å². The first-order chi connectivity index (χ1) is 12.2. The minimum absolute atomic E-state index is 0.0311. The van der Waals surface area contributed by atoms with Crippen molar-refractivity contribution in [3.63, 3.8) is 0 Å². The maximum atomic E-state index is 12.2. The zero-order valence-electron chi connectivity index (χ0n) is 13.1. The summed E-state index contributed by atoms with van der Waals surface area (Å²) in [6.45, 7) is 0.235. The van der Waals surface area contributed by atoms with Crippen molar-refractivity contribution in [2.45, 2.75) is 6.54 Å². The molecule has 124 valence electrons. The number of halogens is 1. The number of hydrogen-bond acceptors (Lipinski definition) is 3. The molecule has 2 aromatic heterocycles. The van der Waals surface area contributed by atoms with Gasteiger partial charge in [-0.15, -0.1) is 0 Å². The van der Waals surface area contributed by atoms with Gasteiger partial charge in [-0.2, -0.15) is 5.26 Å². The quantitative estimate of drug-likeness (QED) is 0.522. The van der Waals surface area contributed by atoms with E-state index in [-0.39, 0.29) is 12.1 Å². The number of hydrogen-bond donors (Lipinski definition) is 1. The lowest BCUT2D eigenvalue weighted by atomic mass is 10.2. The summed E-state index contributed by atoms with van der Waals surface area (Å²) >= 11 is 3.41. The van der Waals surface area contributed by atoms with Crippen LogP contribution in [-0.2, 0) is 11.3 Å². The van der Waals surface area contributed by atoms with Crippen LogP contribution >= 0.6 is 15.9 Å². The van der Waals surface area contributed by atoms with Crippen LogP contribution in [0.5, 0.6) is 0 Å². The number of nitrogens with zero attached hydrogens (tertiary/aromatic N) is 2. The Kier molecular flexibility index (Phi) is 5.17. The number of rotatable bonds is 5. The van der Waals surface area contributed by atoms with Gasteiger partial charge in [0.2, 0.25) is 0 Å². The second kappa shape index (κ2) is 7.69. The van der Waals surface area contributed by atoms with Crippen LogP contribution in [0.4, 0.5) is 0 Å². The van der Waals surface area contributed by atoms with Crippen molar-refractivity contribution < 1.29 is 9.21 Å². The van der Waals surface area contributed by atoms with Crippen LogP contribution in [0.3, 0.4) is 0 Å². The van der Waals surface area contributed by atoms with Crippen molar-refractivity contribution in [1.82, 2.24) is 9.88 Å². The fourth-order valence-electron chi connectivity index (χ4n) is 2.32. The summed E-state index contributed by atoms with van der Waals surface area (Å²) in [6.07, 6.45) is 4.98. The zero-order chi connectivity index (χ0) is 17.6. The van der Waals surface area contributed by atoms with Gasteiger partial charge in [-0.3, -0.25) is 4.79 Å². The van der Waals surface area contributed by atoms with E-state index in [1.54, 1.807) is 18.2 Å². The largest absolute Gasteiger partial charge is 0.467 e. The Labute approximate surface area is 153 Å². The predicted molar refractivity (Wildman–Crippen MR) is 97.6 cm³/mol. The average molecular weight is 396 g/mol. The summed E-state index contributed by atoms with van der Waals surface area (Å²) in [5.74, 6) is 0.186. The minimum atomic E-state index is -0.442. The first kappa shape index (κ1) is 16.8. The Bertz CT molecular complexity index is 932. The minimum Gasteiger partial charge on any atom is -0.467 e. The normalized spacial score (nSPS) is 11.1. The van der Waals surface area contributed by atoms with Gasteiger partial charge in [0.25, 0.3) is 5.91 Å². The maximum absolute atomic E-state index is 12.2. The second-order valence-corrected chi connectivity index (χ2v) is 6.13. The molecule has 0 spiro atoms. The van der Waals surface area contributed by atoms with Gasteiger partial charge in [0.1, 0.15) is 17.4 Å². The molecule has 3 rings (SSSR count). The van der Waals surface area contributed by atoms with Crippen molar-refractivity contribution in [2.75, 3.05) is 0 Å². The van der Waals surface area contributed by atoms with E-state index in [4.69, 9.17) is 4.42 Å². The van der Waals surface area contributed by atoms with Crippen molar-refractivity contribution in [2.24, 2.45) is 0 Å². The summed E-state index contributed by atoms with van der Waals surface area (Å²) < 4.78 is 8.05. The molecule has 0 unspecified atom stereocenters. The van der Waals surface area contributed by atoms with Gasteiger partial charge < -0.3 is 14.3 Å². The van der Waals surface area contributed by atoms with Crippen molar-refractivity contribution in [1.29, 1.82) is 5.26 Å². The lowest BCUT2D eigenvalue weighted by Gasteiger charge is -2.07. The molecule has 0 saturated carbocycles. The first-order valence-corrected chi connectivity index (χ1v) is 8.32. The van der Waals surface area contributed by atoms with Gasteiger partial charge in [0.05, 0.1) is 12.8 Å². The van der Waals surface area contributed by atoms with E-state index in [1.165, 1.54) is 6.26 Å². The Balaban J connectivity index is 1.81. The molecule has 0 bridgehead atoms. The number of amides is 1. The Morgan fingerprint density at radius 2 is 2.04 bits per heavy atom. The number of nitriles is 1. The molecular formula is C19H14BrN3O2. The van der Waals surface area contributed by atoms with Crippen LogP contribution in [0, 0.1) is 11.3 Å². The molecule has 0 aliphatic carbocycles. The monoisotopic (exact) mass is 395 g/mol. The zero-order valence-corrected chi connectivity index (χ0v) is 14.7. The molecule has 0 fully saturated rings. The number of benzene rings is 1. The lowest BCUT2D eigenvalue weighted by Crippen LogP contribution is -2.23. The molecule has 2 heterocycles. The number of carbonyl (C=O) groups is 1. The van der Waals surface area contributed by atoms with Gasteiger partial charge in [0, 0.05) is 22.1 Å². The molecule has 0 aliphatic heterocycles. The van der Waals surface area contributed by atoms with E-state index in [1.807, 2.05) is 53.2 Å². The summed E-state index contributed by atoms with van der Waals surface area (Å²) in [5, 5.41) is 12.0. The smallest absolute Gasteiger partial charge is 0.262 e. The highest BCUT2D eigenvalue weighted by atomic mass is 79.9. The summed E-state index contributed by atoms with van der Waals surface area (Å²) in [6, 6.07) is 16.9. The van der Waals surface area contributed by atoms with Crippen LogP contribution in [0.1, 0.15) is 11.5 Å². The highest BCUT2D eigenvalue weighted by Crippen LogP contribution is 2.18. The van der Waals surface area contributed by atoms with E-state index in [0.29, 0.717) is 5.76 Å². The third kappa shape index (κ3) is 4.08. The Hall–Kier alpha value is -3.04. The molecule has 1 amide bonds. The molecule has 3 aromatic rings. The van der Waals surface area contributed by atoms with Gasteiger partial charge in [0.15, 0.2) is 0 Å². The van der Waals surface area contributed by atoms with Gasteiger partial charge in [-0.1, -0.05) is 15.9 Å². The lowest BCUT2D eigenvalue weighted by molar-refractivity contribution is -0.117. The molecule has 6 heteroatoms. The van der Waals surface area contributed by atoms with Crippen LogP contribution in [0.15, 0.2) is 75.5 Å². The van der Waals surface area contributed by atoms with E-state index in [9.17, 15) is 10.1 Å². The van der Waals surface area contributed by atoms with E-state index >= 15 is 0 Å². The van der Waals surface area contributed by atoms with Crippen LogP contribution in [-0.4, -0.2) is 10.5 Å². The molecule has 1 aromatic carbocycles. The molecule has 0 saturated heterocycles. The van der Waals surface area contributed by atoms with E-state index in [0.717, 1.165) is 15.9 Å². The highest BCUT2D eigenvalue weighted by Gasteiger charge is 2.11. The first-order valence-electron chi connectivity index (χ1n) is 7.53. The van der Waals surface area contributed by atoms with Crippen molar-refractivity contribution >= 4 is 27.9 Å². The van der Waals surface area contributed by atoms with Gasteiger partial charge >= 0.3 is 0 Å². The van der Waals surface area contributed by atoms with E-state index in [2.05, 4.69) is 21.2 Å². The predicted octanol–water partition coefficient (Wildman–Crippen LogP) is 4.06. The fourth-order valence-corrected chi connectivity index (χ4v) is 2.59. The summed E-state index contributed by atoms with van der Waals surface area (Å²) in [5.41, 5.74) is 1.71. The van der Waals surface area contributed by atoms with Gasteiger partial charge in [-0.05, 0) is 54.6 Å². The number of aromatic nitrogens is 1.